The highest BCUT2D eigenvalue weighted by Crippen LogP contribution is 2.30. The summed E-state index contributed by atoms with van der Waals surface area (Å²) >= 11 is 5.99. The Labute approximate surface area is 201 Å². The molecule has 1 fully saturated rings. The van der Waals surface area contributed by atoms with Gasteiger partial charge in [-0.05, 0) is 64.7 Å². The highest BCUT2D eigenvalue weighted by Gasteiger charge is 2.36. The van der Waals surface area contributed by atoms with Gasteiger partial charge in [-0.25, -0.2) is 12.8 Å². The van der Waals surface area contributed by atoms with Gasteiger partial charge in [0.15, 0.2) is 0 Å². The standard InChI is InChI=1S/C26H20ClFN2O3S/c27-21-9-6-19-15-22(10-7-18(19)14-21)34(32,33)29-24-12-13-30(26(24)31)25-11-8-20(16-23(25)28)17-4-2-1-3-5-17/h1-11,14-16,24,29H,12-13H2/t24-/m0/s1. The van der Waals surface area contributed by atoms with E-state index in [1.54, 1.807) is 36.4 Å². The predicted molar refractivity (Wildman–Crippen MR) is 132 cm³/mol. The average Bonchev–Trinajstić information content (AvgIpc) is 3.18. The second-order valence-electron chi connectivity index (χ2n) is 8.14. The number of benzene rings is 4. The number of amides is 1. The van der Waals surface area contributed by atoms with Gasteiger partial charge in [-0.15, -0.1) is 0 Å². The minimum absolute atomic E-state index is 0.0481. The number of nitrogens with zero attached hydrogens (tertiary/aromatic N) is 1. The van der Waals surface area contributed by atoms with Crippen LogP contribution in [0.1, 0.15) is 6.42 Å². The van der Waals surface area contributed by atoms with Crippen molar-refractivity contribution in [1.29, 1.82) is 0 Å². The van der Waals surface area contributed by atoms with Crippen molar-refractivity contribution in [3.63, 3.8) is 0 Å². The molecule has 0 radical (unpaired) electrons. The van der Waals surface area contributed by atoms with Crippen molar-refractivity contribution in [3.8, 4) is 11.1 Å². The number of sulfonamides is 1. The number of hydrogen-bond donors (Lipinski definition) is 1. The quantitative estimate of drug-likeness (QED) is 0.405. The summed E-state index contributed by atoms with van der Waals surface area (Å²) in [6, 6.07) is 22.9. The molecule has 1 N–H and O–H groups in total. The van der Waals surface area contributed by atoms with Gasteiger partial charge in [0, 0.05) is 11.6 Å². The Morgan fingerprint density at radius 3 is 2.38 bits per heavy atom. The molecule has 1 saturated heterocycles. The molecule has 5 nitrogen and oxygen atoms in total. The largest absolute Gasteiger partial charge is 0.308 e. The number of rotatable bonds is 5. The van der Waals surface area contributed by atoms with Crippen LogP contribution in [0.5, 0.6) is 0 Å². The van der Waals surface area contributed by atoms with E-state index in [1.807, 2.05) is 30.3 Å². The maximum Gasteiger partial charge on any atom is 0.245 e. The van der Waals surface area contributed by atoms with Gasteiger partial charge in [0.1, 0.15) is 11.9 Å². The third kappa shape index (κ3) is 4.30. The van der Waals surface area contributed by atoms with Crippen molar-refractivity contribution in [3.05, 3.63) is 95.8 Å². The molecular weight excluding hydrogens is 475 g/mol. The lowest BCUT2D eigenvalue weighted by Crippen LogP contribution is -2.41. The van der Waals surface area contributed by atoms with Crippen LogP contribution in [0.15, 0.2) is 89.8 Å². The van der Waals surface area contributed by atoms with Gasteiger partial charge in [0.2, 0.25) is 15.9 Å². The SMILES string of the molecule is O=C1[C@@H](NS(=O)(=O)c2ccc3cc(Cl)ccc3c2)CCN1c1ccc(-c2ccccc2)cc1F. The first kappa shape index (κ1) is 22.5. The summed E-state index contributed by atoms with van der Waals surface area (Å²) in [5.41, 5.74) is 1.70. The molecule has 1 amide bonds. The van der Waals surface area contributed by atoms with Gasteiger partial charge in [0.25, 0.3) is 0 Å². The smallest absolute Gasteiger partial charge is 0.245 e. The molecule has 1 atom stereocenters. The number of hydrogen-bond acceptors (Lipinski definition) is 3. The van der Waals surface area contributed by atoms with Crippen molar-refractivity contribution < 1.29 is 17.6 Å². The van der Waals surface area contributed by atoms with E-state index in [-0.39, 0.29) is 23.5 Å². The second kappa shape index (κ2) is 8.83. The lowest BCUT2D eigenvalue weighted by Gasteiger charge is -2.19. The van der Waals surface area contributed by atoms with Crippen molar-refractivity contribution >= 4 is 44.0 Å². The van der Waals surface area contributed by atoms with Crippen LogP contribution in [0.4, 0.5) is 10.1 Å². The molecule has 0 bridgehead atoms. The van der Waals surface area contributed by atoms with Gasteiger partial charge in [-0.3, -0.25) is 4.79 Å². The van der Waals surface area contributed by atoms with Gasteiger partial charge in [0.05, 0.1) is 10.6 Å². The zero-order valence-corrected chi connectivity index (χ0v) is 19.5. The van der Waals surface area contributed by atoms with Crippen molar-refractivity contribution in [2.24, 2.45) is 0 Å². The number of nitrogens with one attached hydrogen (secondary N) is 1. The zero-order chi connectivity index (χ0) is 23.9. The maximum absolute atomic E-state index is 14.9. The van der Waals surface area contributed by atoms with Crippen LogP contribution < -0.4 is 9.62 Å². The number of carbonyl (C=O) groups excluding carboxylic acids is 1. The number of fused-ring (bicyclic) bond motifs is 1. The molecule has 0 aromatic heterocycles. The topological polar surface area (TPSA) is 66.5 Å². The molecule has 1 heterocycles. The Morgan fingerprint density at radius 2 is 1.62 bits per heavy atom. The maximum atomic E-state index is 14.9. The minimum Gasteiger partial charge on any atom is -0.308 e. The predicted octanol–water partition coefficient (Wildman–Crippen LogP) is 5.38. The third-order valence-electron chi connectivity index (χ3n) is 5.93. The van der Waals surface area contributed by atoms with Gasteiger partial charge >= 0.3 is 0 Å². The van der Waals surface area contributed by atoms with Gasteiger partial charge in [-0.1, -0.05) is 60.1 Å². The monoisotopic (exact) mass is 494 g/mol. The Bertz CT molecular complexity index is 1510. The van der Waals surface area contributed by atoms with Crippen LogP contribution in [0.2, 0.25) is 5.02 Å². The molecule has 0 spiro atoms. The normalized spacial score (nSPS) is 16.4. The first-order valence-electron chi connectivity index (χ1n) is 10.7. The van der Waals surface area contributed by atoms with E-state index in [0.717, 1.165) is 10.9 Å². The molecule has 0 unspecified atom stereocenters. The van der Waals surface area contributed by atoms with Crippen molar-refractivity contribution in [2.45, 2.75) is 17.4 Å². The van der Waals surface area contributed by atoms with Crippen molar-refractivity contribution in [2.75, 3.05) is 11.4 Å². The van der Waals surface area contributed by atoms with Crippen LogP contribution in [0, 0.1) is 5.82 Å². The van der Waals surface area contributed by atoms with Crippen LogP contribution >= 0.6 is 11.6 Å². The summed E-state index contributed by atoms with van der Waals surface area (Å²) in [4.78, 5) is 14.3. The molecule has 5 rings (SSSR count). The molecule has 0 aliphatic carbocycles. The van der Waals surface area contributed by atoms with E-state index in [0.29, 0.717) is 16.0 Å². The molecule has 8 heteroatoms. The fraction of sp³-hybridized carbons (Fsp3) is 0.115. The van der Waals surface area contributed by atoms with Gasteiger partial charge in [-0.2, -0.15) is 4.72 Å². The van der Waals surface area contributed by atoms with E-state index in [1.165, 1.54) is 23.1 Å². The van der Waals surface area contributed by atoms with E-state index < -0.39 is 27.8 Å². The lowest BCUT2D eigenvalue weighted by atomic mass is 10.1. The fourth-order valence-corrected chi connectivity index (χ4v) is 5.62. The minimum atomic E-state index is -3.96. The van der Waals surface area contributed by atoms with E-state index in [4.69, 9.17) is 11.6 Å². The number of halogens is 2. The van der Waals surface area contributed by atoms with E-state index in [9.17, 15) is 17.6 Å². The summed E-state index contributed by atoms with van der Waals surface area (Å²) in [7, 11) is -3.96. The van der Waals surface area contributed by atoms with Gasteiger partial charge < -0.3 is 4.90 Å². The summed E-state index contributed by atoms with van der Waals surface area (Å²) < 4.78 is 43.4. The molecule has 1 aliphatic heterocycles. The number of anilines is 1. The molecule has 34 heavy (non-hydrogen) atoms. The summed E-state index contributed by atoms with van der Waals surface area (Å²) in [5.74, 6) is -1.02. The Hall–Kier alpha value is -3.26. The highest BCUT2D eigenvalue weighted by atomic mass is 35.5. The van der Waals surface area contributed by atoms with Crippen LogP contribution in [0.3, 0.4) is 0 Å². The molecule has 4 aromatic carbocycles. The molecule has 4 aromatic rings. The average molecular weight is 495 g/mol. The van der Waals surface area contributed by atoms with Crippen LogP contribution in [-0.2, 0) is 14.8 Å². The Morgan fingerprint density at radius 1 is 0.882 bits per heavy atom. The second-order valence-corrected chi connectivity index (χ2v) is 10.3. The third-order valence-corrected chi connectivity index (χ3v) is 7.64. The van der Waals surface area contributed by atoms with E-state index in [2.05, 4.69) is 4.72 Å². The van der Waals surface area contributed by atoms with Crippen LogP contribution in [0.25, 0.3) is 21.9 Å². The van der Waals surface area contributed by atoms with Crippen LogP contribution in [-0.4, -0.2) is 26.9 Å². The molecule has 172 valence electrons. The molecule has 1 aliphatic rings. The fourth-order valence-electron chi connectivity index (χ4n) is 4.18. The first-order chi connectivity index (χ1) is 16.3. The first-order valence-corrected chi connectivity index (χ1v) is 12.6. The Kier molecular flexibility index (Phi) is 5.85. The summed E-state index contributed by atoms with van der Waals surface area (Å²) in [6.45, 7) is 0.212. The summed E-state index contributed by atoms with van der Waals surface area (Å²) in [5, 5.41) is 2.08. The number of carbonyl (C=O) groups is 1. The van der Waals surface area contributed by atoms with E-state index >= 15 is 0 Å². The van der Waals surface area contributed by atoms with Crippen molar-refractivity contribution in [1.82, 2.24) is 4.72 Å². The lowest BCUT2D eigenvalue weighted by molar-refractivity contribution is -0.118. The highest BCUT2D eigenvalue weighted by molar-refractivity contribution is 7.89. The summed E-state index contributed by atoms with van der Waals surface area (Å²) in [6.07, 6.45) is 0.237. The zero-order valence-electron chi connectivity index (χ0n) is 17.9. The Balaban J connectivity index is 1.35. The molecule has 0 saturated carbocycles. The molecular formula is C26H20ClFN2O3S.